The number of nitrogens with zero attached hydrogens (tertiary/aromatic N) is 2. The zero-order valence-electron chi connectivity index (χ0n) is 14.4. The Morgan fingerprint density at radius 3 is 2.77 bits per heavy atom. The maximum Gasteiger partial charge on any atom is 0.265 e. The Morgan fingerprint density at radius 1 is 1.15 bits per heavy atom. The maximum absolute atomic E-state index is 11.8. The molecule has 0 saturated heterocycles. The van der Waals surface area contributed by atoms with Crippen molar-refractivity contribution in [3.8, 4) is 17.2 Å². The molecule has 132 valence electrons. The number of aromatic nitrogens is 2. The van der Waals surface area contributed by atoms with Gasteiger partial charge in [-0.2, -0.15) is 0 Å². The summed E-state index contributed by atoms with van der Waals surface area (Å²) in [7, 11) is 0. The number of carbonyl (C=O) groups is 1. The molecule has 2 heterocycles. The van der Waals surface area contributed by atoms with E-state index in [1.165, 1.54) is 0 Å². The highest BCUT2D eigenvalue weighted by Crippen LogP contribution is 2.33. The average Bonchev–Trinajstić information content (AvgIpc) is 3.14. The number of anilines is 2. The van der Waals surface area contributed by atoms with E-state index >= 15 is 0 Å². The molecule has 0 spiro atoms. The van der Waals surface area contributed by atoms with Crippen molar-refractivity contribution < 1.29 is 13.9 Å². The normalized spacial score (nSPS) is 17.0. The van der Waals surface area contributed by atoms with E-state index in [1.54, 1.807) is 6.92 Å². The van der Waals surface area contributed by atoms with Gasteiger partial charge < -0.3 is 19.8 Å². The van der Waals surface area contributed by atoms with E-state index in [2.05, 4.69) is 20.8 Å². The van der Waals surface area contributed by atoms with Crippen molar-refractivity contribution in [3.63, 3.8) is 0 Å². The Morgan fingerprint density at radius 2 is 1.96 bits per heavy atom. The molecule has 3 aromatic rings. The van der Waals surface area contributed by atoms with Crippen LogP contribution in [0.25, 0.3) is 11.5 Å². The second kappa shape index (κ2) is 6.51. The number of ether oxygens (including phenoxy) is 1. The van der Waals surface area contributed by atoms with Crippen molar-refractivity contribution in [2.75, 3.05) is 10.6 Å². The molecule has 2 atom stereocenters. The van der Waals surface area contributed by atoms with Crippen molar-refractivity contribution in [1.82, 2.24) is 10.2 Å². The summed E-state index contributed by atoms with van der Waals surface area (Å²) in [6, 6.07) is 14.9. The second-order valence-electron chi connectivity index (χ2n) is 6.14. The molecule has 4 rings (SSSR count). The summed E-state index contributed by atoms with van der Waals surface area (Å²) in [5.41, 5.74) is 2.33. The number of fused-ring (bicyclic) bond motifs is 1. The predicted molar refractivity (Wildman–Crippen MR) is 96.9 cm³/mol. The molecule has 2 aromatic carbocycles. The Kier molecular flexibility index (Phi) is 4.04. The molecule has 0 saturated carbocycles. The third kappa shape index (κ3) is 3.11. The summed E-state index contributed by atoms with van der Waals surface area (Å²) in [6.45, 7) is 3.64. The molecule has 0 fully saturated rings. The topological polar surface area (TPSA) is 89.3 Å². The quantitative estimate of drug-likeness (QED) is 0.747. The van der Waals surface area contributed by atoms with E-state index in [0.717, 1.165) is 11.3 Å². The largest absolute Gasteiger partial charge is 0.479 e. The van der Waals surface area contributed by atoms with Gasteiger partial charge in [-0.25, -0.2) is 0 Å². The molecule has 2 N–H and O–H groups in total. The van der Waals surface area contributed by atoms with Crippen LogP contribution in [0, 0.1) is 0 Å². The number of nitrogens with one attached hydrogen (secondary N) is 2. The third-order valence-corrected chi connectivity index (χ3v) is 4.13. The SMILES string of the molecule is CC1Oc2ccc(NC(C)c3nnc(-c4ccccc4)o3)cc2NC1=O. The fourth-order valence-electron chi connectivity index (χ4n) is 2.72. The van der Waals surface area contributed by atoms with Gasteiger partial charge in [0, 0.05) is 11.3 Å². The van der Waals surface area contributed by atoms with Gasteiger partial charge in [0.15, 0.2) is 6.10 Å². The van der Waals surface area contributed by atoms with E-state index in [9.17, 15) is 4.79 Å². The van der Waals surface area contributed by atoms with E-state index < -0.39 is 6.10 Å². The second-order valence-corrected chi connectivity index (χ2v) is 6.14. The first-order valence-electron chi connectivity index (χ1n) is 8.37. The van der Waals surface area contributed by atoms with Crippen molar-refractivity contribution in [3.05, 3.63) is 54.4 Å². The van der Waals surface area contributed by atoms with Crippen LogP contribution in [-0.2, 0) is 4.79 Å². The Labute approximate surface area is 150 Å². The first-order valence-corrected chi connectivity index (χ1v) is 8.37. The summed E-state index contributed by atoms with van der Waals surface area (Å²) in [5.74, 6) is 1.45. The number of hydrogen-bond acceptors (Lipinski definition) is 6. The molecule has 26 heavy (non-hydrogen) atoms. The van der Waals surface area contributed by atoms with Crippen LogP contribution in [0.1, 0.15) is 25.8 Å². The average molecular weight is 350 g/mol. The Bertz CT molecular complexity index is 939. The summed E-state index contributed by atoms with van der Waals surface area (Å²) in [4.78, 5) is 11.8. The van der Waals surface area contributed by atoms with Gasteiger partial charge in [-0.1, -0.05) is 18.2 Å². The van der Waals surface area contributed by atoms with E-state index in [-0.39, 0.29) is 11.9 Å². The van der Waals surface area contributed by atoms with Crippen LogP contribution in [-0.4, -0.2) is 22.2 Å². The maximum atomic E-state index is 11.8. The van der Waals surface area contributed by atoms with Crippen LogP contribution in [0.15, 0.2) is 52.9 Å². The summed E-state index contributed by atoms with van der Waals surface area (Å²) in [6.07, 6.45) is -0.491. The molecule has 0 radical (unpaired) electrons. The number of carbonyl (C=O) groups excluding carboxylic acids is 1. The van der Waals surface area contributed by atoms with Crippen LogP contribution in [0.4, 0.5) is 11.4 Å². The Hall–Kier alpha value is -3.35. The summed E-state index contributed by atoms with van der Waals surface area (Å²) in [5, 5.41) is 14.4. The predicted octanol–water partition coefficient (Wildman–Crippen LogP) is 3.63. The standard InChI is InChI=1S/C19H18N4O3/c1-11(18-22-23-19(26-18)13-6-4-3-5-7-13)20-14-8-9-16-15(10-14)21-17(24)12(2)25-16/h3-12,20H,1-2H3,(H,21,24). The van der Waals surface area contributed by atoms with Crippen LogP contribution in [0.5, 0.6) is 5.75 Å². The van der Waals surface area contributed by atoms with Crippen molar-refractivity contribution in [1.29, 1.82) is 0 Å². The van der Waals surface area contributed by atoms with Gasteiger partial charge in [-0.3, -0.25) is 4.79 Å². The molecule has 0 aliphatic carbocycles. The lowest BCUT2D eigenvalue weighted by molar-refractivity contribution is -0.122. The lowest BCUT2D eigenvalue weighted by Gasteiger charge is -2.24. The highest BCUT2D eigenvalue weighted by Gasteiger charge is 2.24. The lowest BCUT2D eigenvalue weighted by atomic mass is 10.2. The minimum Gasteiger partial charge on any atom is -0.479 e. The van der Waals surface area contributed by atoms with Crippen LogP contribution in [0.2, 0.25) is 0 Å². The van der Waals surface area contributed by atoms with E-state index in [4.69, 9.17) is 9.15 Å². The third-order valence-electron chi connectivity index (χ3n) is 4.13. The molecule has 0 bridgehead atoms. The highest BCUT2D eigenvalue weighted by molar-refractivity contribution is 5.98. The smallest absolute Gasteiger partial charge is 0.265 e. The number of hydrogen-bond donors (Lipinski definition) is 2. The molecule has 7 nitrogen and oxygen atoms in total. The number of amides is 1. The molecule has 1 aromatic heterocycles. The number of rotatable bonds is 4. The lowest BCUT2D eigenvalue weighted by Crippen LogP contribution is -2.34. The van der Waals surface area contributed by atoms with Crippen LogP contribution < -0.4 is 15.4 Å². The molecule has 7 heteroatoms. The van der Waals surface area contributed by atoms with Crippen molar-refractivity contribution in [2.24, 2.45) is 0 Å². The first kappa shape index (κ1) is 16.1. The summed E-state index contributed by atoms with van der Waals surface area (Å²) < 4.78 is 11.3. The molecule has 2 unspecified atom stereocenters. The van der Waals surface area contributed by atoms with Gasteiger partial charge in [0.2, 0.25) is 11.8 Å². The van der Waals surface area contributed by atoms with Gasteiger partial charge in [0.25, 0.3) is 5.91 Å². The Balaban J connectivity index is 1.50. The molecule has 1 aliphatic heterocycles. The van der Waals surface area contributed by atoms with Crippen molar-refractivity contribution >= 4 is 17.3 Å². The zero-order chi connectivity index (χ0) is 18.1. The monoisotopic (exact) mass is 350 g/mol. The van der Waals surface area contributed by atoms with Crippen LogP contribution in [0.3, 0.4) is 0 Å². The first-order chi connectivity index (χ1) is 12.6. The van der Waals surface area contributed by atoms with E-state index in [0.29, 0.717) is 23.2 Å². The highest BCUT2D eigenvalue weighted by atomic mass is 16.5. The van der Waals surface area contributed by atoms with Crippen molar-refractivity contribution in [2.45, 2.75) is 26.0 Å². The number of benzene rings is 2. The van der Waals surface area contributed by atoms with Gasteiger partial charge in [-0.15, -0.1) is 10.2 Å². The molecule has 1 amide bonds. The fourth-order valence-corrected chi connectivity index (χ4v) is 2.72. The van der Waals surface area contributed by atoms with Gasteiger partial charge in [0.05, 0.1) is 5.69 Å². The molecular formula is C19H18N4O3. The molecular weight excluding hydrogens is 332 g/mol. The van der Waals surface area contributed by atoms with Gasteiger partial charge in [0.1, 0.15) is 11.8 Å². The fraction of sp³-hybridized carbons (Fsp3) is 0.211. The van der Waals surface area contributed by atoms with E-state index in [1.807, 2.05) is 55.5 Å². The summed E-state index contributed by atoms with van der Waals surface area (Å²) >= 11 is 0. The van der Waals surface area contributed by atoms with Gasteiger partial charge in [-0.05, 0) is 44.2 Å². The minimum absolute atomic E-state index is 0.160. The molecule has 1 aliphatic rings. The van der Waals surface area contributed by atoms with Crippen LogP contribution >= 0.6 is 0 Å². The van der Waals surface area contributed by atoms with Gasteiger partial charge >= 0.3 is 0 Å². The zero-order valence-corrected chi connectivity index (χ0v) is 14.4. The minimum atomic E-state index is -0.491.